The molecule has 6 nitrogen and oxygen atoms in total. The van der Waals surface area contributed by atoms with Gasteiger partial charge in [0, 0.05) is 31.4 Å². The molecule has 1 aliphatic rings. The van der Waals surface area contributed by atoms with Crippen molar-refractivity contribution in [3.8, 4) is 0 Å². The molecule has 1 aliphatic carbocycles. The highest BCUT2D eigenvalue weighted by Crippen LogP contribution is 2.38. The Morgan fingerprint density at radius 2 is 2.30 bits per heavy atom. The molecule has 2 aromatic rings. The zero-order chi connectivity index (χ0) is 14.1. The van der Waals surface area contributed by atoms with Crippen molar-refractivity contribution in [1.82, 2.24) is 20.0 Å². The number of rotatable bonds is 5. The molecule has 0 spiro atoms. The van der Waals surface area contributed by atoms with Gasteiger partial charge in [0.15, 0.2) is 0 Å². The minimum absolute atomic E-state index is 0.130. The largest absolute Gasteiger partial charge is 0.361 e. The molecule has 2 aromatic heterocycles. The van der Waals surface area contributed by atoms with Crippen LogP contribution in [0.5, 0.6) is 0 Å². The average molecular weight is 274 g/mol. The number of hydrogen-bond acceptors (Lipinski definition) is 4. The first kappa shape index (κ1) is 12.9. The van der Waals surface area contributed by atoms with Crippen LogP contribution < -0.4 is 5.32 Å². The Balaban J connectivity index is 1.57. The van der Waals surface area contributed by atoms with E-state index >= 15 is 0 Å². The molecule has 106 valence electrons. The van der Waals surface area contributed by atoms with Crippen molar-refractivity contribution >= 4 is 5.91 Å². The number of aryl methyl sites for hydroxylation is 2. The zero-order valence-electron chi connectivity index (χ0n) is 11.7. The van der Waals surface area contributed by atoms with Gasteiger partial charge in [-0.1, -0.05) is 5.16 Å². The summed E-state index contributed by atoms with van der Waals surface area (Å²) in [6.45, 7) is 4.82. The van der Waals surface area contributed by atoms with Crippen LogP contribution in [0.2, 0.25) is 0 Å². The lowest BCUT2D eigenvalue weighted by atomic mass is 10.2. The van der Waals surface area contributed by atoms with Gasteiger partial charge >= 0.3 is 0 Å². The molecule has 1 fully saturated rings. The van der Waals surface area contributed by atoms with Gasteiger partial charge in [0.25, 0.3) is 5.91 Å². The molecule has 0 aliphatic heterocycles. The number of amides is 1. The fourth-order valence-electron chi connectivity index (χ4n) is 2.40. The van der Waals surface area contributed by atoms with E-state index in [2.05, 4.69) is 20.0 Å². The molecule has 3 rings (SSSR count). The summed E-state index contributed by atoms with van der Waals surface area (Å²) in [5, 5.41) is 6.69. The average Bonchev–Trinajstić information content (AvgIpc) is 3.07. The molecule has 1 amide bonds. The van der Waals surface area contributed by atoms with Gasteiger partial charge in [0.2, 0.25) is 0 Å². The minimum atomic E-state index is -0.130. The zero-order valence-corrected chi connectivity index (χ0v) is 11.7. The van der Waals surface area contributed by atoms with E-state index in [0.717, 1.165) is 12.4 Å². The first-order valence-corrected chi connectivity index (χ1v) is 6.89. The highest BCUT2D eigenvalue weighted by molar-refractivity contribution is 5.96. The van der Waals surface area contributed by atoms with Crippen LogP contribution in [0.3, 0.4) is 0 Å². The summed E-state index contributed by atoms with van der Waals surface area (Å²) in [4.78, 5) is 16.5. The molecule has 6 heteroatoms. The first-order chi connectivity index (χ1) is 9.66. The van der Waals surface area contributed by atoms with E-state index in [1.807, 2.05) is 12.4 Å². The second-order valence-corrected chi connectivity index (χ2v) is 5.21. The van der Waals surface area contributed by atoms with Crippen molar-refractivity contribution in [3.05, 3.63) is 35.2 Å². The minimum Gasteiger partial charge on any atom is -0.361 e. The van der Waals surface area contributed by atoms with Crippen molar-refractivity contribution in [2.24, 2.45) is 0 Å². The molecule has 20 heavy (non-hydrogen) atoms. The van der Waals surface area contributed by atoms with Crippen molar-refractivity contribution in [1.29, 1.82) is 0 Å². The van der Waals surface area contributed by atoms with Gasteiger partial charge in [0.05, 0.1) is 5.69 Å². The summed E-state index contributed by atoms with van der Waals surface area (Å²) in [7, 11) is 0. The smallest absolute Gasteiger partial charge is 0.256 e. The summed E-state index contributed by atoms with van der Waals surface area (Å²) < 4.78 is 7.12. The normalized spacial score (nSPS) is 14.5. The van der Waals surface area contributed by atoms with Crippen LogP contribution in [0.4, 0.5) is 0 Å². The lowest BCUT2D eigenvalue weighted by Gasteiger charge is -2.08. The third-order valence-electron chi connectivity index (χ3n) is 3.59. The molecular weight excluding hydrogens is 256 g/mol. The number of nitrogens with zero attached hydrogens (tertiary/aromatic N) is 3. The number of aromatic nitrogens is 3. The van der Waals surface area contributed by atoms with Gasteiger partial charge in [-0.15, -0.1) is 0 Å². The lowest BCUT2D eigenvalue weighted by molar-refractivity contribution is 0.0950. The van der Waals surface area contributed by atoms with Gasteiger partial charge in [-0.05, 0) is 26.7 Å². The summed E-state index contributed by atoms with van der Waals surface area (Å²) >= 11 is 0. The predicted octanol–water partition coefficient (Wildman–Crippen LogP) is 1.80. The van der Waals surface area contributed by atoms with E-state index < -0.39 is 0 Å². The maximum atomic E-state index is 12.1. The van der Waals surface area contributed by atoms with Crippen LogP contribution >= 0.6 is 0 Å². The SMILES string of the molecule is Cc1noc(C)c1C(=O)NCCn1ccnc1C1CC1. The lowest BCUT2D eigenvalue weighted by Crippen LogP contribution is -2.28. The molecule has 0 unspecified atom stereocenters. The third kappa shape index (κ3) is 2.45. The quantitative estimate of drug-likeness (QED) is 0.902. The fraction of sp³-hybridized carbons (Fsp3) is 0.500. The van der Waals surface area contributed by atoms with Gasteiger partial charge < -0.3 is 14.4 Å². The number of carbonyl (C=O) groups is 1. The Morgan fingerprint density at radius 1 is 1.50 bits per heavy atom. The topological polar surface area (TPSA) is 73.0 Å². The standard InChI is InChI=1S/C14H18N4O2/c1-9-12(10(2)20-17-9)14(19)16-6-8-18-7-5-15-13(18)11-3-4-11/h5,7,11H,3-4,6,8H2,1-2H3,(H,16,19). The van der Waals surface area contributed by atoms with Crippen LogP contribution in [0, 0.1) is 13.8 Å². The highest BCUT2D eigenvalue weighted by atomic mass is 16.5. The molecule has 1 saturated carbocycles. The van der Waals surface area contributed by atoms with E-state index in [1.54, 1.807) is 13.8 Å². The van der Waals surface area contributed by atoms with Crippen molar-refractivity contribution < 1.29 is 9.32 Å². The van der Waals surface area contributed by atoms with Crippen LogP contribution in [0.1, 0.15) is 46.4 Å². The van der Waals surface area contributed by atoms with E-state index in [-0.39, 0.29) is 5.91 Å². The summed E-state index contributed by atoms with van der Waals surface area (Å²) in [5.41, 5.74) is 1.17. The maximum absolute atomic E-state index is 12.1. The molecular formula is C14H18N4O2. The molecule has 0 bridgehead atoms. The Hall–Kier alpha value is -2.11. The monoisotopic (exact) mass is 274 g/mol. The Labute approximate surface area is 117 Å². The van der Waals surface area contributed by atoms with Crippen molar-refractivity contribution in [3.63, 3.8) is 0 Å². The van der Waals surface area contributed by atoms with Crippen molar-refractivity contribution in [2.45, 2.75) is 39.2 Å². The Kier molecular flexibility index (Phi) is 3.30. The van der Waals surface area contributed by atoms with Gasteiger partial charge in [0.1, 0.15) is 17.1 Å². The summed E-state index contributed by atoms with van der Waals surface area (Å²) in [6.07, 6.45) is 6.24. The fourth-order valence-corrected chi connectivity index (χ4v) is 2.40. The summed E-state index contributed by atoms with van der Waals surface area (Å²) in [5.74, 6) is 2.18. The van der Waals surface area contributed by atoms with Crippen LogP contribution in [-0.4, -0.2) is 27.2 Å². The number of nitrogens with one attached hydrogen (secondary N) is 1. The molecule has 0 aromatic carbocycles. The van der Waals surface area contributed by atoms with E-state index in [1.165, 1.54) is 12.8 Å². The number of hydrogen-bond donors (Lipinski definition) is 1. The number of imidazole rings is 1. The van der Waals surface area contributed by atoms with E-state index in [9.17, 15) is 4.79 Å². The van der Waals surface area contributed by atoms with Crippen LogP contribution in [0.25, 0.3) is 0 Å². The molecule has 0 radical (unpaired) electrons. The second kappa shape index (κ2) is 5.11. The Bertz CT molecular complexity index is 605. The van der Waals surface area contributed by atoms with Crippen LogP contribution in [-0.2, 0) is 6.54 Å². The van der Waals surface area contributed by atoms with Gasteiger partial charge in [-0.25, -0.2) is 4.98 Å². The number of carbonyl (C=O) groups excluding carboxylic acids is 1. The van der Waals surface area contributed by atoms with Gasteiger partial charge in [-0.3, -0.25) is 4.79 Å². The first-order valence-electron chi connectivity index (χ1n) is 6.89. The van der Waals surface area contributed by atoms with Gasteiger partial charge in [-0.2, -0.15) is 0 Å². The Morgan fingerprint density at radius 3 is 2.95 bits per heavy atom. The molecule has 0 saturated heterocycles. The van der Waals surface area contributed by atoms with E-state index in [0.29, 0.717) is 29.5 Å². The summed E-state index contributed by atoms with van der Waals surface area (Å²) in [6, 6.07) is 0. The van der Waals surface area contributed by atoms with Crippen molar-refractivity contribution in [2.75, 3.05) is 6.54 Å². The highest BCUT2D eigenvalue weighted by Gasteiger charge is 2.27. The molecule has 0 atom stereocenters. The van der Waals surface area contributed by atoms with Crippen LogP contribution in [0.15, 0.2) is 16.9 Å². The third-order valence-corrected chi connectivity index (χ3v) is 3.59. The maximum Gasteiger partial charge on any atom is 0.256 e. The second-order valence-electron chi connectivity index (χ2n) is 5.21. The molecule has 1 N–H and O–H groups in total. The predicted molar refractivity (Wildman–Crippen MR) is 72.5 cm³/mol. The van der Waals surface area contributed by atoms with E-state index in [4.69, 9.17) is 4.52 Å². The molecule has 2 heterocycles.